The van der Waals surface area contributed by atoms with Gasteiger partial charge in [-0.05, 0) is 35.9 Å². The van der Waals surface area contributed by atoms with Crippen molar-refractivity contribution in [2.45, 2.75) is 12.5 Å². The molecule has 1 amide bonds. The van der Waals surface area contributed by atoms with Gasteiger partial charge in [-0.25, -0.2) is 0 Å². The van der Waals surface area contributed by atoms with Crippen LogP contribution < -0.4 is 14.8 Å². The Morgan fingerprint density at radius 1 is 1.30 bits per heavy atom. The first-order valence-corrected chi connectivity index (χ1v) is 9.85. The molecule has 0 aliphatic carbocycles. The molecule has 1 aromatic heterocycles. The van der Waals surface area contributed by atoms with Crippen molar-refractivity contribution < 1.29 is 14.3 Å². The van der Waals surface area contributed by atoms with Crippen LogP contribution in [0, 0.1) is 0 Å². The Balaban J connectivity index is 1.38. The van der Waals surface area contributed by atoms with E-state index in [0.29, 0.717) is 23.7 Å². The van der Waals surface area contributed by atoms with Crippen molar-refractivity contribution in [2.24, 2.45) is 0 Å². The highest BCUT2D eigenvalue weighted by Gasteiger charge is 2.27. The predicted octanol–water partition coefficient (Wildman–Crippen LogP) is 3.94. The second-order valence-corrected chi connectivity index (χ2v) is 7.26. The maximum atomic E-state index is 12.2. The maximum absolute atomic E-state index is 12.2. The van der Waals surface area contributed by atoms with Crippen LogP contribution in [0.15, 0.2) is 61.1 Å². The molecule has 1 unspecified atom stereocenters. The average molecular weight is 422 g/mol. The Labute approximate surface area is 179 Å². The highest BCUT2D eigenvalue weighted by atomic mass is 35.5. The number of methoxy groups -OCH3 is 1. The number of benzene rings is 2. The Hall–Kier alpha value is -3.38. The number of halogens is 1. The summed E-state index contributed by atoms with van der Waals surface area (Å²) in [5, 5.41) is 3.51. The van der Waals surface area contributed by atoms with E-state index in [-0.39, 0.29) is 12.0 Å². The lowest BCUT2D eigenvalue weighted by Gasteiger charge is -2.12. The van der Waals surface area contributed by atoms with Gasteiger partial charge in [-0.2, -0.15) is 0 Å². The summed E-state index contributed by atoms with van der Waals surface area (Å²) in [7, 11) is 1.62. The Kier molecular flexibility index (Phi) is 5.95. The van der Waals surface area contributed by atoms with Crippen molar-refractivity contribution in [3.05, 3.63) is 77.2 Å². The van der Waals surface area contributed by atoms with Crippen LogP contribution in [-0.2, 0) is 11.2 Å². The Morgan fingerprint density at radius 3 is 2.87 bits per heavy atom. The Morgan fingerprint density at radius 2 is 2.13 bits per heavy atom. The molecule has 2 aromatic carbocycles. The third-order valence-corrected chi connectivity index (χ3v) is 4.97. The van der Waals surface area contributed by atoms with Crippen molar-refractivity contribution in [3.63, 3.8) is 0 Å². The summed E-state index contributed by atoms with van der Waals surface area (Å²) in [6.45, 7) is 0.387. The van der Waals surface area contributed by atoms with Crippen LogP contribution in [0.2, 0.25) is 5.02 Å². The van der Waals surface area contributed by atoms with Gasteiger partial charge in [0.2, 0.25) is 5.91 Å². The minimum absolute atomic E-state index is 0.174. The average Bonchev–Trinajstić information content (AvgIpc) is 3.19. The monoisotopic (exact) mass is 421 g/mol. The molecule has 0 saturated carbocycles. The number of hydrogen-bond acceptors (Lipinski definition) is 5. The molecule has 2 heterocycles. The van der Waals surface area contributed by atoms with Gasteiger partial charge in [0, 0.05) is 41.0 Å². The van der Waals surface area contributed by atoms with Gasteiger partial charge in [-0.3, -0.25) is 14.8 Å². The van der Waals surface area contributed by atoms with Gasteiger partial charge < -0.3 is 14.8 Å². The van der Waals surface area contributed by atoms with Gasteiger partial charge in [0.25, 0.3) is 0 Å². The molecule has 0 radical (unpaired) electrons. The molecule has 1 atom stereocenters. The van der Waals surface area contributed by atoms with Crippen LogP contribution in [0.3, 0.4) is 0 Å². The summed E-state index contributed by atoms with van der Waals surface area (Å²) >= 11 is 6.28. The first-order valence-electron chi connectivity index (χ1n) is 9.48. The molecule has 30 heavy (non-hydrogen) atoms. The van der Waals surface area contributed by atoms with E-state index in [4.69, 9.17) is 21.1 Å². The third-order valence-electron chi connectivity index (χ3n) is 4.75. The van der Waals surface area contributed by atoms with Gasteiger partial charge in [0.05, 0.1) is 25.5 Å². The van der Waals surface area contributed by atoms with Gasteiger partial charge in [-0.1, -0.05) is 23.7 Å². The molecular weight excluding hydrogens is 402 g/mol. The summed E-state index contributed by atoms with van der Waals surface area (Å²) in [6, 6.07) is 11.2. The number of hydrogen-bond donors (Lipinski definition) is 1. The molecule has 1 N–H and O–H groups in total. The minimum Gasteiger partial charge on any atom is -0.497 e. The fourth-order valence-corrected chi connectivity index (χ4v) is 3.54. The molecule has 7 heteroatoms. The summed E-state index contributed by atoms with van der Waals surface area (Å²) in [5.74, 6) is 1.33. The van der Waals surface area contributed by atoms with Crippen molar-refractivity contribution in [2.75, 3.05) is 13.7 Å². The number of amides is 1. The summed E-state index contributed by atoms with van der Waals surface area (Å²) in [5.41, 5.74) is 3.41. The second kappa shape index (κ2) is 8.97. The van der Waals surface area contributed by atoms with E-state index in [1.165, 1.54) is 6.08 Å². The second-order valence-electron chi connectivity index (χ2n) is 6.83. The van der Waals surface area contributed by atoms with Crippen molar-refractivity contribution in [3.8, 4) is 22.8 Å². The fraction of sp³-hybridized carbons (Fsp3) is 0.174. The molecule has 4 rings (SSSR count). The first-order chi connectivity index (χ1) is 14.6. The molecule has 0 fully saturated rings. The van der Waals surface area contributed by atoms with E-state index in [0.717, 1.165) is 28.2 Å². The van der Waals surface area contributed by atoms with Crippen LogP contribution in [-0.4, -0.2) is 35.6 Å². The molecule has 6 nitrogen and oxygen atoms in total. The van der Waals surface area contributed by atoms with E-state index < -0.39 is 0 Å². The van der Waals surface area contributed by atoms with E-state index in [9.17, 15) is 4.79 Å². The normalized spacial score (nSPS) is 14.9. The topological polar surface area (TPSA) is 73.3 Å². The molecule has 0 spiro atoms. The number of rotatable bonds is 6. The highest BCUT2D eigenvalue weighted by Crippen LogP contribution is 2.40. The summed E-state index contributed by atoms with van der Waals surface area (Å²) in [4.78, 5) is 20.7. The standard InChI is InChI=1S/C23H20ClN3O3/c1-29-18-5-2-15(3-6-18)4-7-22(28)27-13-19-11-16-10-17(24)12-20(23(16)30-19)21-14-25-8-9-26-21/h2-10,12,14,19H,11,13H2,1H3,(H,27,28). The lowest BCUT2D eigenvalue weighted by atomic mass is 10.0. The number of nitrogens with zero attached hydrogens (tertiary/aromatic N) is 2. The SMILES string of the molecule is COc1ccc(C=CC(=O)NCC2Cc3cc(Cl)cc(-c4cnccn4)c3O2)cc1. The van der Waals surface area contributed by atoms with Crippen LogP contribution in [0.4, 0.5) is 0 Å². The lowest BCUT2D eigenvalue weighted by molar-refractivity contribution is -0.116. The number of aromatic nitrogens is 2. The first kappa shape index (κ1) is 19.9. The largest absolute Gasteiger partial charge is 0.497 e. The molecule has 0 bridgehead atoms. The smallest absolute Gasteiger partial charge is 0.244 e. The molecule has 1 aliphatic rings. The number of fused-ring (bicyclic) bond motifs is 1. The minimum atomic E-state index is -0.183. The molecule has 3 aromatic rings. The van der Waals surface area contributed by atoms with Crippen LogP contribution in [0.5, 0.6) is 11.5 Å². The zero-order valence-electron chi connectivity index (χ0n) is 16.3. The lowest BCUT2D eigenvalue weighted by Crippen LogP contribution is -2.33. The van der Waals surface area contributed by atoms with E-state index in [1.54, 1.807) is 31.8 Å². The summed E-state index contributed by atoms with van der Waals surface area (Å²) < 4.78 is 11.2. The van der Waals surface area contributed by atoms with Gasteiger partial charge >= 0.3 is 0 Å². The van der Waals surface area contributed by atoms with Crippen LogP contribution in [0.1, 0.15) is 11.1 Å². The number of carbonyl (C=O) groups is 1. The van der Waals surface area contributed by atoms with E-state index >= 15 is 0 Å². The van der Waals surface area contributed by atoms with Gasteiger partial charge in [0.1, 0.15) is 17.6 Å². The van der Waals surface area contributed by atoms with Crippen molar-refractivity contribution in [1.29, 1.82) is 0 Å². The molecule has 1 aliphatic heterocycles. The molecular formula is C23H20ClN3O3. The van der Waals surface area contributed by atoms with Gasteiger partial charge in [-0.15, -0.1) is 0 Å². The molecule has 152 valence electrons. The predicted molar refractivity (Wildman–Crippen MR) is 116 cm³/mol. The number of ether oxygens (including phenoxy) is 2. The quantitative estimate of drug-likeness (QED) is 0.610. The van der Waals surface area contributed by atoms with E-state index in [1.807, 2.05) is 36.4 Å². The van der Waals surface area contributed by atoms with Gasteiger partial charge in [0.15, 0.2) is 0 Å². The van der Waals surface area contributed by atoms with Crippen LogP contribution >= 0.6 is 11.6 Å². The number of nitrogens with one attached hydrogen (secondary N) is 1. The Bertz CT molecular complexity index is 1070. The zero-order chi connectivity index (χ0) is 20.9. The zero-order valence-corrected chi connectivity index (χ0v) is 17.1. The third kappa shape index (κ3) is 4.60. The fourth-order valence-electron chi connectivity index (χ4n) is 3.30. The molecule has 0 saturated heterocycles. The van der Waals surface area contributed by atoms with Crippen LogP contribution in [0.25, 0.3) is 17.3 Å². The summed E-state index contributed by atoms with van der Waals surface area (Å²) in [6.07, 6.45) is 8.67. The maximum Gasteiger partial charge on any atom is 0.244 e. The van der Waals surface area contributed by atoms with Crippen molar-refractivity contribution >= 4 is 23.6 Å². The van der Waals surface area contributed by atoms with E-state index in [2.05, 4.69) is 15.3 Å². The van der Waals surface area contributed by atoms with Crippen molar-refractivity contribution in [1.82, 2.24) is 15.3 Å². The highest BCUT2D eigenvalue weighted by molar-refractivity contribution is 6.31. The number of carbonyl (C=O) groups excluding carboxylic acids is 1.